The van der Waals surface area contributed by atoms with E-state index in [1.807, 2.05) is 0 Å². The highest BCUT2D eigenvalue weighted by Gasteiger charge is 2.74. The fourth-order valence-corrected chi connectivity index (χ4v) is 1.57. The third-order valence-electron chi connectivity index (χ3n) is 2.72. The number of hydrogen-bond acceptors (Lipinski definition) is 2. The Balaban J connectivity index is 5.36. The zero-order valence-corrected chi connectivity index (χ0v) is 11.6. The number of allylic oxidation sites excluding steroid dienone is 2. The van der Waals surface area contributed by atoms with Gasteiger partial charge in [-0.1, -0.05) is 20.8 Å². The van der Waals surface area contributed by atoms with Crippen molar-refractivity contribution in [3.8, 4) is 0 Å². The predicted octanol–water partition coefficient (Wildman–Crippen LogP) is 3.91. The van der Waals surface area contributed by atoms with Crippen molar-refractivity contribution in [3.63, 3.8) is 0 Å². The first-order chi connectivity index (χ1) is 9.14. The quantitative estimate of drug-likeness (QED) is 0.595. The van der Waals surface area contributed by atoms with Gasteiger partial charge in [0.05, 0.1) is 5.70 Å². The van der Waals surface area contributed by atoms with Gasteiger partial charge in [-0.05, 0) is 12.3 Å². The van der Waals surface area contributed by atoms with Crippen LogP contribution in [0.15, 0.2) is 11.8 Å². The summed E-state index contributed by atoms with van der Waals surface area (Å²) in [7, 11) is 0. The molecule has 0 radical (unpaired) electrons. The van der Waals surface area contributed by atoms with E-state index in [0.29, 0.717) is 0 Å². The average Bonchev–Trinajstić information content (AvgIpc) is 2.25. The molecule has 0 heterocycles. The van der Waals surface area contributed by atoms with E-state index in [9.17, 15) is 35.5 Å². The van der Waals surface area contributed by atoms with E-state index in [2.05, 4.69) is 5.73 Å². The molecule has 2 N–H and O–H groups in total. The molecule has 0 fully saturated rings. The van der Waals surface area contributed by atoms with Crippen molar-refractivity contribution in [2.75, 3.05) is 0 Å². The van der Waals surface area contributed by atoms with Crippen molar-refractivity contribution in [1.29, 1.82) is 0 Å². The van der Waals surface area contributed by atoms with E-state index < -0.39 is 35.4 Å². The molecule has 0 bridgehead atoms. The minimum absolute atomic E-state index is 0.00991. The number of rotatable bonds is 6. The maximum absolute atomic E-state index is 13.2. The molecule has 1 unspecified atom stereocenters. The molecule has 0 aliphatic heterocycles. The molecule has 1 atom stereocenters. The summed E-state index contributed by atoms with van der Waals surface area (Å²) in [4.78, 5) is 11.5. The second-order valence-corrected chi connectivity index (χ2v) is 5.18. The largest absolute Gasteiger partial charge is 0.460 e. The lowest BCUT2D eigenvalue weighted by molar-refractivity contribution is -0.344. The Morgan fingerprint density at radius 2 is 1.48 bits per heavy atom. The van der Waals surface area contributed by atoms with Gasteiger partial charge in [-0.15, -0.1) is 0 Å². The fraction of sp³-hybridized carbons (Fsp3) is 0.750. The van der Waals surface area contributed by atoms with Crippen LogP contribution >= 0.6 is 0 Å². The van der Waals surface area contributed by atoms with Crippen molar-refractivity contribution in [3.05, 3.63) is 11.8 Å². The lowest BCUT2D eigenvalue weighted by atomic mass is 9.94. The van der Waals surface area contributed by atoms with Crippen LogP contribution in [0, 0.1) is 11.8 Å². The zero-order chi connectivity index (χ0) is 17.2. The molecular formula is C12H16F7NO. The molecule has 0 aromatic carbocycles. The molecule has 21 heavy (non-hydrogen) atoms. The van der Waals surface area contributed by atoms with E-state index in [-0.39, 0.29) is 18.4 Å². The summed E-state index contributed by atoms with van der Waals surface area (Å²) >= 11 is 0. The number of hydrogen-bond donors (Lipinski definition) is 1. The summed E-state index contributed by atoms with van der Waals surface area (Å²) in [6.45, 7) is 4.79. The third-order valence-corrected chi connectivity index (χ3v) is 2.72. The van der Waals surface area contributed by atoms with Crippen molar-refractivity contribution in [1.82, 2.24) is 0 Å². The maximum Gasteiger partial charge on any atom is 0.460 e. The molecule has 124 valence electrons. The highest BCUT2D eigenvalue weighted by atomic mass is 19.4. The lowest BCUT2D eigenvalue weighted by Gasteiger charge is -2.28. The molecule has 0 aliphatic carbocycles. The molecule has 0 saturated carbocycles. The normalized spacial score (nSPS) is 16.2. The predicted molar refractivity (Wildman–Crippen MR) is 61.8 cm³/mol. The summed E-state index contributed by atoms with van der Waals surface area (Å²) in [5.41, 5.74) is 2.51. The van der Waals surface area contributed by atoms with E-state index in [1.165, 1.54) is 6.92 Å². The number of halogens is 7. The van der Waals surface area contributed by atoms with Crippen LogP contribution in [-0.4, -0.2) is 23.8 Å². The van der Waals surface area contributed by atoms with Gasteiger partial charge in [-0.3, -0.25) is 4.79 Å². The van der Waals surface area contributed by atoms with E-state index >= 15 is 0 Å². The summed E-state index contributed by atoms with van der Waals surface area (Å²) in [6.07, 6.45) is -6.28. The number of ketones is 1. The van der Waals surface area contributed by atoms with Crippen LogP contribution in [0.1, 0.15) is 27.2 Å². The molecule has 0 aliphatic rings. The van der Waals surface area contributed by atoms with Crippen molar-refractivity contribution >= 4 is 5.78 Å². The molecule has 0 rings (SSSR count). The Hall–Kier alpha value is -1.28. The molecule has 0 aromatic rings. The highest BCUT2D eigenvalue weighted by Crippen LogP contribution is 2.48. The van der Waals surface area contributed by atoms with Crippen LogP contribution in [0.2, 0.25) is 0 Å². The molecule has 0 spiro atoms. The van der Waals surface area contributed by atoms with Crippen molar-refractivity contribution < 1.29 is 35.5 Å². The van der Waals surface area contributed by atoms with Crippen LogP contribution in [0.25, 0.3) is 0 Å². The topological polar surface area (TPSA) is 43.1 Å². The smallest absolute Gasteiger partial charge is 0.397 e. The second kappa shape index (κ2) is 6.23. The Kier molecular flexibility index (Phi) is 5.85. The minimum atomic E-state index is -6.48. The molecular weight excluding hydrogens is 307 g/mol. The SMILES string of the molecule is CC(C)CC(C)C(=O)/C=C(\N)C(F)(F)C(F)(F)C(F)(F)F. The van der Waals surface area contributed by atoms with Gasteiger partial charge in [0.1, 0.15) is 0 Å². The average molecular weight is 323 g/mol. The Morgan fingerprint density at radius 1 is 1.05 bits per heavy atom. The van der Waals surface area contributed by atoms with Gasteiger partial charge in [0.15, 0.2) is 5.78 Å². The first-order valence-electron chi connectivity index (χ1n) is 5.98. The van der Waals surface area contributed by atoms with Crippen molar-refractivity contribution in [2.24, 2.45) is 17.6 Å². The third kappa shape index (κ3) is 4.34. The van der Waals surface area contributed by atoms with E-state index in [1.54, 1.807) is 13.8 Å². The Morgan fingerprint density at radius 3 is 1.81 bits per heavy atom. The summed E-state index contributed by atoms with van der Waals surface area (Å²) in [6, 6.07) is 0. The summed E-state index contributed by atoms with van der Waals surface area (Å²) < 4.78 is 87.6. The maximum atomic E-state index is 13.2. The molecule has 9 heteroatoms. The van der Waals surface area contributed by atoms with Crippen LogP contribution in [0.4, 0.5) is 30.7 Å². The van der Waals surface area contributed by atoms with Crippen LogP contribution in [0.3, 0.4) is 0 Å². The van der Waals surface area contributed by atoms with Crippen LogP contribution < -0.4 is 5.73 Å². The molecule has 2 nitrogen and oxygen atoms in total. The fourth-order valence-electron chi connectivity index (χ4n) is 1.57. The van der Waals surface area contributed by atoms with E-state index in [0.717, 1.165) is 0 Å². The molecule has 0 amide bonds. The zero-order valence-electron chi connectivity index (χ0n) is 11.6. The van der Waals surface area contributed by atoms with E-state index in [4.69, 9.17) is 0 Å². The molecule has 0 aromatic heterocycles. The van der Waals surface area contributed by atoms with Gasteiger partial charge < -0.3 is 5.73 Å². The Labute approximate surface area is 117 Å². The summed E-state index contributed by atoms with van der Waals surface area (Å²) in [5.74, 6) is -13.9. The van der Waals surface area contributed by atoms with Gasteiger partial charge in [-0.25, -0.2) is 0 Å². The Bertz CT molecular complexity index is 412. The number of carbonyl (C=O) groups is 1. The minimum Gasteiger partial charge on any atom is -0.397 e. The standard InChI is InChI=1S/C12H16F7NO/c1-6(2)4-7(3)8(21)5-9(20)10(13,14)11(15,16)12(17,18)19/h5-7H,4,20H2,1-3H3/b9-5-. The lowest BCUT2D eigenvalue weighted by Crippen LogP contribution is -2.54. The van der Waals surface area contributed by atoms with Gasteiger partial charge in [0, 0.05) is 12.0 Å². The monoisotopic (exact) mass is 323 g/mol. The number of nitrogens with two attached hydrogens (primary N) is 1. The van der Waals surface area contributed by atoms with Gasteiger partial charge >= 0.3 is 18.0 Å². The second-order valence-electron chi connectivity index (χ2n) is 5.18. The first kappa shape index (κ1) is 19.7. The van der Waals surface area contributed by atoms with Gasteiger partial charge in [-0.2, -0.15) is 30.7 Å². The molecule has 0 saturated heterocycles. The number of carbonyl (C=O) groups excluding carboxylic acids is 1. The van der Waals surface area contributed by atoms with Gasteiger partial charge in [0.2, 0.25) is 0 Å². The van der Waals surface area contributed by atoms with Crippen LogP contribution in [0.5, 0.6) is 0 Å². The highest BCUT2D eigenvalue weighted by molar-refractivity contribution is 5.92. The van der Waals surface area contributed by atoms with Gasteiger partial charge in [0.25, 0.3) is 0 Å². The van der Waals surface area contributed by atoms with Crippen molar-refractivity contribution in [2.45, 2.75) is 45.2 Å². The first-order valence-corrected chi connectivity index (χ1v) is 5.98. The van der Waals surface area contributed by atoms with Crippen LogP contribution in [-0.2, 0) is 4.79 Å². The summed E-state index contributed by atoms with van der Waals surface area (Å²) in [5, 5.41) is 0. The number of alkyl halides is 7.